The van der Waals surface area contributed by atoms with Crippen LogP contribution in [0.1, 0.15) is 24.5 Å². The molecule has 1 heterocycles. The zero-order chi connectivity index (χ0) is 11.8. The molecule has 0 saturated heterocycles. The zero-order valence-corrected chi connectivity index (χ0v) is 9.88. The van der Waals surface area contributed by atoms with Crippen LogP contribution in [0.5, 0.6) is 0 Å². The monoisotopic (exact) mass is 218 g/mol. The first-order valence-electron chi connectivity index (χ1n) is 5.60. The molecule has 16 heavy (non-hydrogen) atoms. The van der Waals surface area contributed by atoms with E-state index in [0.29, 0.717) is 11.4 Å². The molecular formula is C12H18N4. The third kappa shape index (κ3) is 3.52. The number of anilines is 1. The van der Waals surface area contributed by atoms with Gasteiger partial charge in [-0.3, -0.25) is 0 Å². The van der Waals surface area contributed by atoms with Gasteiger partial charge in [-0.05, 0) is 38.1 Å². The van der Waals surface area contributed by atoms with Crippen molar-refractivity contribution in [2.75, 3.05) is 25.0 Å². The van der Waals surface area contributed by atoms with Crippen LogP contribution in [0, 0.1) is 18.3 Å². The molecule has 4 heteroatoms. The minimum Gasteiger partial charge on any atom is -0.369 e. The lowest BCUT2D eigenvalue weighted by Gasteiger charge is -2.08. The first-order valence-corrected chi connectivity index (χ1v) is 5.60. The van der Waals surface area contributed by atoms with E-state index in [1.807, 2.05) is 13.0 Å². The number of hydrogen-bond donors (Lipinski definition) is 2. The van der Waals surface area contributed by atoms with E-state index in [2.05, 4.69) is 28.6 Å². The van der Waals surface area contributed by atoms with Gasteiger partial charge in [0.2, 0.25) is 0 Å². The van der Waals surface area contributed by atoms with Crippen molar-refractivity contribution >= 4 is 5.82 Å². The van der Waals surface area contributed by atoms with Crippen LogP contribution in [0.3, 0.4) is 0 Å². The largest absolute Gasteiger partial charge is 0.369 e. The van der Waals surface area contributed by atoms with Gasteiger partial charge in [0, 0.05) is 12.7 Å². The van der Waals surface area contributed by atoms with Crippen LogP contribution in [0.4, 0.5) is 5.82 Å². The van der Waals surface area contributed by atoms with E-state index in [-0.39, 0.29) is 0 Å². The third-order valence-corrected chi connectivity index (χ3v) is 2.34. The van der Waals surface area contributed by atoms with Gasteiger partial charge in [0.15, 0.2) is 0 Å². The summed E-state index contributed by atoms with van der Waals surface area (Å²) in [4.78, 5) is 4.17. The lowest BCUT2D eigenvalue weighted by atomic mass is 10.1. The number of nitrogens with one attached hydrogen (secondary N) is 2. The topological polar surface area (TPSA) is 60.7 Å². The van der Waals surface area contributed by atoms with Crippen molar-refractivity contribution < 1.29 is 0 Å². The zero-order valence-electron chi connectivity index (χ0n) is 9.88. The van der Waals surface area contributed by atoms with Crippen molar-refractivity contribution in [1.29, 1.82) is 5.26 Å². The van der Waals surface area contributed by atoms with Crippen molar-refractivity contribution in [1.82, 2.24) is 10.3 Å². The molecule has 0 atom stereocenters. The Morgan fingerprint density at radius 1 is 1.44 bits per heavy atom. The molecule has 0 amide bonds. The van der Waals surface area contributed by atoms with Gasteiger partial charge in [0.1, 0.15) is 11.9 Å². The van der Waals surface area contributed by atoms with Gasteiger partial charge in [-0.25, -0.2) is 4.98 Å². The first kappa shape index (κ1) is 12.5. The Bertz CT molecular complexity index is 368. The minimum atomic E-state index is 0.644. The Morgan fingerprint density at radius 2 is 2.25 bits per heavy atom. The molecule has 0 aliphatic carbocycles. The lowest BCUT2D eigenvalue weighted by molar-refractivity contribution is 0.688. The molecule has 0 aliphatic heterocycles. The highest BCUT2D eigenvalue weighted by Crippen LogP contribution is 2.14. The Labute approximate surface area is 96.7 Å². The molecule has 0 radical (unpaired) electrons. The summed E-state index contributed by atoms with van der Waals surface area (Å²) in [6, 6.07) is 4.02. The normalized spacial score (nSPS) is 9.81. The smallest absolute Gasteiger partial charge is 0.144 e. The fraction of sp³-hybridized carbons (Fsp3) is 0.500. The molecule has 0 aliphatic rings. The average molecular weight is 218 g/mol. The summed E-state index contributed by atoms with van der Waals surface area (Å²) in [7, 11) is 0. The summed E-state index contributed by atoms with van der Waals surface area (Å²) in [5.74, 6) is 0.694. The Morgan fingerprint density at radius 3 is 2.94 bits per heavy atom. The lowest BCUT2D eigenvalue weighted by Crippen LogP contribution is -2.17. The third-order valence-electron chi connectivity index (χ3n) is 2.34. The molecule has 0 unspecified atom stereocenters. The van der Waals surface area contributed by atoms with E-state index in [4.69, 9.17) is 5.26 Å². The fourth-order valence-corrected chi connectivity index (χ4v) is 1.43. The highest BCUT2D eigenvalue weighted by atomic mass is 15.0. The molecule has 1 aromatic rings. The Balaban J connectivity index is 2.48. The van der Waals surface area contributed by atoms with Gasteiger partial charge in [-0.15, -0.1) is 0 Å². The second kappa shape index (κ2) is 6.81. The average Bonchev–Trinajstić information content (AvgIpc) is 2.29. The molecule has 1 aromatic heterocycles. The number of aryl methyl sites for hydroxylation is 1. The molecule has 0 fully saturated rings. The SMILES string of the molecule is CCNCCCNc1nccc(C)c1C#N. The van der Waals surface area contributed by atoms with Gasteiger partial charge in [0.25, 0.3) is 0 Å². The maximum absolute atomic E-state index is 9.00. The molecule has 2 N–H and O–H groups in total. The first-order chi connectivity index (χ1) is 7.79. The predicted molar refractivity (Wildman–Crippen MR) is 65.3 cm³/mol. The van der Waals surface area contributed by atoms with Gasteiger partial charge in [-0.2, -0.15) is 5.26 Å². The number of rotatable bonds is 6. The van der Waals surface area contributed by atoms with Crippen molar-refractivity contribution in [2.45, 2.75) is 20.3 Å². The number of hydrogen-bond acceptors (Lipinski definition) is 4. The summed E-state index contributed by atoms with van der Waals surface area (Å²) < 4.78 is 0. The van der Waals surface area contributed by atoms with E-state index in [1.54, 1.807) is 6.20 Å². The van der Waals surface area contributed by atoms with Crippen molar-refractivity contribution in [3.05, 3.63) is 23.4 Å². The van der Waals surface area contributed by atoms with Crippen LogP contribution in [-0.2, 0) is 0 Å². The Hall–Kier alpha value is -1.60. The summed E-state index contributed by atoms with van der Waals surface area (Å²) >= 11 is 0. The van der Waals surface area contributed by atoms with Crippen molar-refractivity contribution in [3.8, 4) is 6.07 Å². The van der Waals surface area contributed by atoms with Crippen LogP contribution >= 0.6 is 0 Å². The molecule has 0 spiro atoms. The van der Waals surface area contributed by atoms with Crippen LogP contribution in [0.15, 0.2) is 12.3 Å². The molecule has 4 nitrogen and oxygen atoms in total. The van der Waals surface area contributed by atoms with Crippen LogP contribution in [-0.4, -0.2) is 24.6 Å². The predicted octanol–water partition coefficient (Wildman–Crippen LogP) is 1.67. The van der Waals surface area contributed by atoms with Crippen molar-refractivity contribution in [2.24, 2.45) is 0 Å². The summed E-state index contributed by atoms with van der Waals surface area (Å²) in [5, 5.41) is 15.4. The Kier molecular flexibility index (Phi) is 5.30. The molecule has 0 aromatic carbocycles. The molecular weight excluding hydrogens is 200 g/mol. The summed E-state index contributed by atoms with van der Waals surface area (Å²) in [6.07, 6.45) is 2.75. The number of nitriles is 1. The van der Waals surface area contributed by atoms with E-state index in [1.165, 1.54) is 0 Å². The highest BCUT2D eigenvalue weighted by Gasteiger charge is 2.04. The summed E-state index contributed by atoms with van der Waals surface area (Å²) in [6.45, 7) is 6.81. The maximum Gasteiger partial charge on any atom is 0.144 e. The fourth-order valence-electron chi connectivity index (χ4n) is 1.43. The quantitative estimate of drug-likeness (QED) is 0.713. The van der Waals surface area contributed by atoms with Gasteiger partial charge in [-0.1, -0.05) is 6.92 Å². The van der Waals surface area contributed by atoms with Gasteiger partial charge >= 0.3 is 0 Å². The standard InChI is InChI=1S/C12H18N4/c1-3-14-6-4-7-15-12-11(9-13)10(2)5-8-16-12/h5,8,14H,3-4,6-7H2,1-2H3,(H,15,16). The van der Waals surface area contributed by atoms with Gasteiger partial charge in [0.05, 0.1) is 5.56 Å². The second-order valence-corrected chi connectivity index (χ2v) is 3.60. The molecule has 0 saturated carbocycles. The van der Waals surface area contributed by atoms with E-state index >= 15 is 0 Å². The van der Waals surface area contributed by atoms with E-state index < -0.39 is 0 Å². The van der Waals surface area contributed by atoms with Crippen LogP contribution in [0.25, 0.3) is 0 Å². The molecule has 0 bridgehead atoms. The molecule has 1 rings (SSSR count). The number of nitrogens with zero attached hydrogens (tertiary/aromatic N) is 2. The van der Waals surface area contributed by atoms with Gasteiger partial charge < -0.3 is 10.6 Å². The number of pyridine rings is 1. The van der Waals surface area contributed by atoms with E-state index in [0.717, 1.165) is 31.6 Å². The highest BCUT2D eigenvalue weighted by molar-refractivity contribution is 5.55. The number of aromatic nitrogens is 1. The van der Waals surface area contributed by atoms with Crippen molar-refractivity contribution in [3.63, 3.8) is 0 Å². The van der Waals surface area contributed by atoms with E-state index in [9.17, 15) is 0 Å². The summed E-state index contributed by atoms with van der Waals surface area (Å²) in [5.41, 5.74) is 1.61. The van der Waals surface area contributed by atoms with Crippen LogP contribution in [0.2, 0.25) is 0 Å². The second-order valence-electron chi connectivity index (χ2n) is 3.60. The van der Waals surface area contributed by atoms with Crippen LogP contribution < -0.4 is 10.6 Å². The minimum absolute atomic E-state index is 0.644. The maximum atomic E-state index is 9.00. The molecule has 86 valence electrons.